The van der Waals surface area contributed by atoms with Crippen LogP contribution in [-0.2, 0) is 0 Å². The summed E-state index contributed by atoms with van der Waals surface area (Å²) in [5.41, 5.74) is 9.37. The summed E-state index contributed by atoms with van der Waals surface area (Å²) in [7, 11) is 0. The molecule has 0 fully saturated rings. The molecule has 10 rings (SSSR count). The summed E-state index contributed by atoms with van der Waals surface area (Å²) in [6.45, 7) is 0. The van der Waals surface area contributed by atoms with Crippen molar-refractivity contribution in [3.8, 4) is 16.8 Å². The maximum absolute atomic E-state index is 2.40. The molecule has 49 heavy (non-hydrogen) atoms. The van der Waals surface area contributed by atoms with Crippen molar-refractivity contribution in [1.29, 1.82) is 0 Å². The summed E-state index contributed by atoms with van der Waals surface area (Å²) in [5.74, 6) is 0. The molecular formula is C46H30N2S. The lowest BCUT2D eigenvalue weighted by atomic mass is 9.95. The Morgan fingerprint density at radius 1 is 0.388 bits per heavy atom. The maximum Gasteiger partial charge on any atom is 0.0561 e. The van der Waals surface area contributed by atoms with E-state index in [9.17, 15) is 0 Å². The van der Waals surface area contributed by atoms with E-state index in [4.69, 9.17) is 0 Å². The third-order valence-electron chi connectivity index (χ3n) is 9.77. The minimum atomic E-state index is 1.11. The number of fused-ring (bicyclic) bond motifs is 8. The van der Waals surface area contributed by atoms with Crippen LogP contribution < -0.4 is 4.90 Å². The number of hydrogen-bond acceptors (Lipinski definition) is 2. The van der Waals surface area contributed by atoms with Gasteiger partial charge < -0.3 is 9.47 Å². The summed E-state index contributed by atoms with van der Waals surface area (Å²) in [5, 5.41) is 7.75. The van der Waals surface area contributed by atoms with Crippen molar-refractivity contribution < 1.29 is 0 Å². The lowest BCUT2D eigenvalue weighted by Crippen LogP contribution is -2.10. The first kappa shape index (κ1) is 27.9. The van der Waals surface area contributed by atoms with Gasteiger partial charge in [-0.25, -0.2) is 0 Å². The molecule has 2 nitrogen and oxygen atoms in total. The van der Waals surface area contributed by atoms with E-state index in [0.29, 0.717) is 0 Å². The summed E-state index contributed by atoms with van der Waals surface area (Å²) in [6, 6.07) is 66.1. The quantitative estimate of drug-likeness (QED) is 0.181. The fourth-order valence-electron chi connectivity index (χ4n) is 7.55. The fourth-order valence-corrected chi connectivity index (χ4v) is 8.77. The zero-order valence-corrected chi connectivity index (χ0v) is 27.4. The van der Waals surface area contributed by atoms with Gasteiger partial charge in [-0.1, -0.05) is 115 Å². The second-order valence-electron chi connectivity index (χ2n) is 12.6. The Morgan fingerprint density at radius 2 is 0.980 bits per heavy atom. The van der Waals surface area contributed by atoms with E-state index in [2.05, 4.69) is 191 Å². The molecule has 0 atom stereocenters. The first-order chi connectivity index (χ1) is 24.3. The summed E-state index contributed by atoms with van der Waals surface area (Å²) >= 11 is 1.89. The number of thiophene rings is 1. The summed E-state index contributed by atoms with van der Waals surface area (Å²) in [4.78, 5) is 2.36. The topological polar surface area (TPSA) is 8.17 Å². The number of para-hydroxylation sites is 3. The number of anilines is 3. The molecule has 0 amide bonds. The molecule has 0 saturated carbocycles. The Bertz CT molecular complexity index is 2810. The molecule has 3 heteroatoms. The van der Waals surface area contributed by atoms with E-state index < -0.39 is 0 Å². The Labute approximate surface area is 288 Å². The molecule has 2 aromatic heterocycles. The van der Waals surface area contributed by atoms with Gasteiger partial charge in [0, 0.05) is 59.1 Å². The van der Waals surface area contributed by atoms with E-state index >= 15 is 0 Å². The normalized spacial score (nSPS) is 11.7. The lowest BCUT2D eigenvalue weighted by molar-refractivity contribution is 1.18. The largest absolute Gasteiger partial charge is 0.310 e. The van der Waals surface area contributed by atoms with Crippen LogP contribution in [0.5, 0.6) is 0 Å². The van der Waals surface area contributed by atoms with Crippen LogP contribution in [0.2, 0.25) is 0 Å². The van der Waals surface area contributed by atoms with Gasteiger partial charge in [-0.2, -0.15) is 0 Å². The van der Waals surface area contributed by atoms with Crippen LogP contribution in [0.25, 0.3) is 69.6 Å². The molecule has 0 unspecified atom stereocenters. The SMILES string of the molecule is c1ccc(N(c2ccc(-c3cc4c5ccccc5sc4c4ccccc34)cc2)c2ccc3c4ccccc4n(-c4ccccc4)c3c2)cc1. The van der Waals surface area contributed by atoms with Crippen molar-refractivity contribution in [3.05, 3.63) is 182 Å². The first-order valence-electron chi connectivity index (χ1n) is 16.7. The molecule has 0 radical (unpaired) electrons. The number of benzene rings is 8. The van der Waals surface area contributed by atoms with Crippen molar-refractivity contribution in [1.82, 2.24) is 4.57 Å². The molecule has 0 spiro atoms. The standard InChI is InChI=1S/C46H30N2S/c1-3-13-32(14-4-1)47(35-27-28-38-37-18-9-11-21-43(37)48(44(38)29-35)33-15-5-2-6-16-33)34-25-23-31(24-26-34)41-30-42-39-19-10-12-22-45(39)49-46(42)40-20-8-7-17-36(40)41/h1-30H. The molecule has 0 bridgehead atoms. The molecule has 230 valence electrons. The van der Waals surface area contributed by atoms with Crippen LogP contribution in [0.4, 0.5) is 17.1 Å². The van der Waals surface area contributed by atoms with Gasteiger partial charge in [0.1, 0.15) is 0 Å². The number of nitrogens with zero attached hydrogens (tertiary/aromatic N) is 2. The van der Waals surface area contributed by atoms with Crippen LogP contribution in [-0.4, -0.2) is 4.57 Å². The molecule has 10 aromatic rings. The van der Waals surface area contributed by atoms with Gasteiger partial charge in [-0.15, -0.1) is 11.3 Å². The van der Waals surface area contributed by atoms with Gasteiger partial charge in [0.2, 0.25) is 0 Å². The molecule has 0 aliphatic heterocycles. The zero-order chi connectivity index (χ0) is 32.3. The summed E-state index contributed by atoms with van der Waals surface area (Å²) < 4.78 is 5.07. The predicted molar refractivity (Wildman–Crippen MR) is 211 cm³/mol. The molecule has 0 aliphatic carbocycles. The van der Waals surface area contributed by atoms with E-state index in [1.165, 1.54) is 63.9 Å². The highest BCUT2D eigenvalue weighted by molar-refractivity contribution is 7.26. The fraction of sp³-hybridized carbons (Fsp3) is 0. The number of hydrogen-bond donors (Lipinski definition) is 0. The smallest absolute Gasteiger partial charge is 0.0561 e. The minimum absolute atomic E-state index is 1.11. The van der Waals surface area contributed by atoms with Crippen LogP contribution in [0.1, 0.15) is 0 Å². The van der Waals surface area contributed by atoms with E-state index in [1.807, 2.05) is 11.3 Å². The van der Waals surface area contributed by atoms with Gasteiger partial charge in [-0.3, -0.25) is 0 Å². The van der Waals surface area contributed by atoms with Gasteiger partial charge in [-0.05, 0) is 83.2 Å². The number of aromatic nitrogens is 1. The second kappa shape index (κ2) is 11.2. The molecule has 0 saturated heterocycles. The van der Waals surface area contributed by atoms with Crippen molar-refractivity contribution in [2.75, 3.05) is 4.90 Å². The Balaban J connectivity index is 1.15. The zero-order valence-electron chi connectivity index (χ0n) is 26.6. The van der Waals surface area contributed by atoms with E-state index in [1.54, 1.807) is 0 Å². The third kappa shape index (κ3) is 4.47. The van der Waals surface area contributed by atoms with Crippen molar-refractivity contribution in [2.24, 2.45) is 0 Å². The van der Waals surface area contributed by atoms with E-state index in [-0.39, 0.29) is 0 Å². The minimum Gasteiger partial charge on any atom is -0.310 e. The van der Waals surface area contributed by atoms with Gasteiger partial charge in [0.15, 0.2) is 0 Å². The van der Waals surface area contributed by atoms with Crippen LogP contribution in [0.15, 0.2) is 182 Å². The number of rotatable bonds is 5. The highest BCUT2D eigenvalue weighted by atomic mass is 32.1. The van der Waals surface area contributed by atoms with Crippen LogP contribution in [0.3, 0.4) is 0 Å². The monoisotopic (exact) mass is 642 g/mol. The van der Waals surface area contributed by atoms with Crippen molar-refractivity contribution in [2.45, 2.75) is 0 Å². The average molecular weight is 643 g/mol. The van der Waals surface area contributed by atoms with Crippen LogP contribution >= 0.6 is 11.3 Å². The van der Waals surface area contributed by atoms with Crippen LogP contribution in [0, 0.1) is 0 Å². The lowest BCUT2D eigenvalue weighted by Gasteiger charge is -2.26. The molecule has 2 heterocycles. The van der Waals surface area contributed by atoms with E-state index in [0.717, 1.165) is 22.7 Å². The Morgan fingerprint density at radius 3 is 1.78 bits per heavy atom. The maximum atomic E-state index is 2.40. The molecule has 8 aromatic carbocycles. The van der Waals surface area contributed by atoms with Gasteiger partial charge >= 0.3 is 0 Å². The van der Waals surface area contributed by atoms with Crippen molar-refractivity contribution >= 4 is 81.1 Å². The third-order valence-corrected chi connectivity index (χ3v) is 11.0. The van der Waals surface area contributed by atoms with Gasteiger partial charge in [0.05, 0.1) is 11.0 Å². The molecule has 0 aliphatic rings. The molecular weight excluding hydrogens is 613 g/mol. The Hall–Kier alpha value is -6.16. The molecule has 0 N–H and O–H groups in total. The highest BCUT2D eigenvalue weighted by Gasteiger charge is 2.18. The Kier molecular flexibility index (Phi) is 6.39. The van der Waals surface area contributed by atoms with Gasteiger partial charge in [0.25, 0.3) is 0 Å². The second-order valence-corrected chi connectivity index (χ2v) is 13.6. The predicted octanol–water partition coefficient (Wildman–Crippen LogP) is 13.4. The first-order valence-corrected chi connectivity index (χ1v) is 17.5. The van der Waals surface area contributed by atoms with Crippen molar-refractivity contribution in [3.63, 3.8) is 0 Å². The highest BCUT2D eigenvalue weighted by Crippen LogP contribution is 2.44. The average Bonchev–Trinajstić information content (AvgIpc) is 3.71. The summed E-state index contributed by atoms with van der Waals surface area (Å²) in [6.07, 6.45) is 0.